The smallest absolute Gasteiger partial charge is 0.0667 e. The highest BCUT2D eigenvalue weighted by molar-refractivity contribution is 7.10. The normalized spacial score (nSPS) is 22.4. The van der Waals surface area contributed by atoms with Crippen LogP contribution in [0.15, 0.2) is 11.4 Å². The Morgan fingerprint density at radius 2 is 2.53 bits per heavy atom. The van der Waals surface area contributed by atoms with Crippen molar-refractivity contribution >= 4 is 11.3 Å². The van der Waals surface area contributed by atoms with E-state index in [0.29, 0.717) is 12.1 Å². The first-order valence-corrected chi connectivity index (χ1v) is 6.51. The second kappa shape index (κ2) is 5.10. The van der Waals surface area contributed by atoms with E-state index in [2.05, 4.69) is 23.7 Å². The number of ether oxygens (including phenoxy) is 1. The molecule has 1 N–H and O–H groups in total. The largest absolute Gasteiger partial charge is 0.380 e. The molecule has 0 bridgehead atoms. The highest BCUT2D eigenvalue weighted by Gasteiger charge is 2.20. The summed E-state index contributed by atoms with van der Waals surface area (Å²) in [6, 6.07) is 2.83. The lowest BCUT2D eigenvalue weighted by Crippen LogP contribution is -2.31. The molecule has 2 atom stereocenters. The maximum absolute atomic E-state index is 5.25. The lowest BCUT2D eigenvalue weighted by atomic mass is 9.94. The molecule has 2 rings (SSSR count). The van der Waals surface area contributed by atoms with Gasteiger partial charge in [0.25, 0.3) is 0 Å². The van der Waals surface area contributed by atoms with E-state index in [0.717, 1.165) is 6.54 Å². The number of hydrogen-bond donors (Lipinski definition) is 1. The van der Waals surface area contributed by atoms with Crippen molar-refractivity contribution in [1.29, 1.82) is 0 Å². The second-order valence-corrected chi connectivity index (χ2v) is 5.20. The van der Waals surface area contributed by atoms with Crippen LogP contribution in [-0.4, -0.2) is 19.8 Å². The second-order valence-electron chi connectivity index (χ2n) is 4.20. The van der Waals surface area contributed by atoms with Crippen molar-refractivity contribution in [2.75, 3.05) is 13.7 Å². The van der Waals surface area contributed by atoms with Crippen molar-refractivity contribution in [2.45, 2.75) is 38.3 Å². The van der Waals surface area contributed by atoms with Crippen LogP contribution < -0.4 is 5.32 Å². The minimum absolute atomic E-state index is 0.300. The van der Waals surface area contributed by atoms with Crippen molar-refractivity contribution in [3.8, 4) is 0 Å². The summed E-state index contributed by atoms with van der Waals surface area (Å²) in [6.45, 7) is 3.04. The van der Waals surface area contributed by atoms with Gasteiger partial charge in [0.05, 0.1) is 6.10 Å². The molecule has 0 aromatic carbocycles. The molecule has 0 spiro atoms. The molecule has 1 aliphatic rings. The quantitative estimate of drug-likeness (QED) is 0.850. The molecule has 1 aromatic heterocycles. The molecule has 2 nitrogen and oxygen atoms in total. The molecule has 1 aliphatic carbocycles. The van der Waals surface area contributed by atoms with Crippen molar-refractivity contribution in [3.63, 3.8) is 0 Å². The zero-order valence-electron chi connectivity index (χ0n) is 9.45. The molecule has 15 heavy (non-hydrogen) atoms. The van der Waals surface area contributed by atoms with Crippen LogP contribution in [0.25, 0.3) is 0 Å². The van der Waals surface area contributed by atoms with Crippen LogP contribution in [0.3, 0.4) is 0 Å². The fourth-order valence-electron chi connectivity index (χ4n) is 2.09. The van der Waals surface area contributed by atoms with Gasteiger partial charge in [0.2, 0.25) is 0 Å². The van der Waals surface area contributed by atoms with Crippen molar-refractivity contribution in [3.05, 3.63) is 21.9 Å². The molecule has 0 radical (unpaired) electrons. The van der Waals surface area contributed by atoms with E-state index in [1.54, 1.807) is 12.0 Å². The Labute approximate surface area is 95.6 Å². The van der Waals surface area contributed by atoms with Crippen LogP contribution in [0.5, 0.6) is 0 Å². The fourth-order valence-corrected chi connectivity index (χ4v) is 3.08. The van der Waals surface area contributed by atoms with Crippen molar-refractivity contribution in [2.24, 2.45) is 0 Å². The molecule has 1 aromatic rings. The van der Waals surface area contributed by atoms with Gasteiger partial charge < -0.3 is 10.1 Å². The summed E-state index contributed by atoms with van der Waals surface area (Å²) in [4.78, 5) is 1.57. The number of thiophene rings is 1. The van der Waals surface area contributed by atoms with Gasteiger partial charge in [-0.2, -0.15) is 0 Å². The van der Waals surface area contributed by atoms with E-state index in [1.807, 2.05) is 11.3 Å². The number of aryl methyl sites for hydroxylation is 1. The van der Waals surface area contributed by atoms with Crippen molar-refractivity contribution < 1.29 is 4.74 Å². The van der Waals surface area contributed by atoms with Gasteiger partial charge in [-0.05, 0) is 43.2 Å². The van der Waals surface area contributed by atoms with E-state index in [-0.39, 0.29) is 0 Å². The maximum Gasteiger partial charge on any atom is 0.0667 e. The number of nitrogens with one attached hydrogen (secondary N) is 1. The van der Waals surface area contributed by atoms with Crippen LogP contribution in [0.1, 0.15) is 36.2 Å². The minimum Gasteiger partial charge on any atom is -0.380 e. The summed E-state index contributed by atoms with van der Waals surface area (Å²) in [5, 5.41) is 5.81. The van der Waals surface area contributed by atoms with Crippen LogP contribution in [0.2, 0.25) is 0 Å². The average molecular weight is 225 g/mol. The van der Waals surface area contributed by atoms with Crippen LogP contribution in [0, 0.1) is 0 Å². The molecule has 0 aliphatic heterocycles. The molecule has 0 saturated carbocycles. The summed E-state index contributed by atoms with van der Waals surface area (Å²) in [7, 11) is 1.77. The fraction of sp³-hybridized carbons (Fsp3) is 0.667. The van der Waals surface area contributed by atoms with Crippen molar-refractivity contribution in [1.82, 2.24) is 5.32 Å². The van der Waals surface area contributed by atoms with E-state index < -0.39 is 0 Å². The Balaban J connectivity index is 1.95. The van der Waals surface area contributed by atoms with E-state index in [1.165, 1.54) is 24.8 Å². The Morgan fingerprint density at radius 3 is 3.33 bits per heavy atom. The first-order valence-electron chi connectivity index (χ1n) is 5.63. The van der Waals surface area contributed by atoms with Gasteiger partial charge in [-0.15, -0.1) is 11.3 Å². The number of rotatable bonds is 4. The van der Waals surface area contributed by atoms with Gasteiger partial charge in [-0.1, -0.05) is 0 Å². The number of methoxy groups -OCH3 is 1. The molecule has 84 valence electrons. The number of fused-ring (bicyclic) bond motifs is 1. The predicted octanol–water partition coefficient (Wildman–Crippen LogP) is 2.75. The van der Waals surface area contributed by atoms with Crippen LogP contribution >= 0.6 is 11.3 Å². The summed E-state index contributed by atoms with van der Waals surface area (Å²) < 4.78 is 5.25. The highest BCUT2D eigenvalue weighted by Crippen LogP contribution is 2.33. The average Bonchev–Trinajstić information content (AvgIpc) is 2.74. The van der Waals surface area contributed by atoms with E-state index in [9.17, 15) is 0 Å². The van der Waals surface area contributed by atoms with Gasteiger partial charge in [-0.25, -0.2) is 0 Å². The zero-order valence-corrected chi connectivity index (χ0v) is 10.3. The monoisotopic (exact) mass is 225 g/mol. The minimum atomic E-state index is 0.300. The number of hydrogen-bond acceptors (Lipinski definition) is 3. The molecular weight excluding hydrogens is 206 g/mol. The summed E-state index contributed by atoms with van der Waals surface area (Å²) in [5.74, 6) is 0. The van der Waals surface area contributed by atoms with Crippen LogP contribution in [-0.2, 0) is 11.2 Å². The summed E-state index contributed by atoms with van der Waals surface area (Å²) in [6.07, 6.45) is 4.14. The molecule has 0 fully saturated rings. The van der Waals surface area contributed by atoms with Gasteiger partial charge in [-0.3, -0.25) is 0 Å². The lowest BCUT2D eigenvalue weighted by Gasteiger charge is -2.25. The van der Waals surface area contributed by atoms with Gasteiger partial charge in [0.15, 0.2) is 0 Å². The first kappa shape index (κ1) is 11.1. The third-order valence-electron chi connectivity index (χ3n) is 3.11. The molecular formula is C12H19NOS. The topological polar surface area (TPSA) is 21.3 Å². The highest BCUT2D eigenvalue weighted by atomic mass is 32.1. The predicted molar refractivity (Wildman–Crippen MR) is 64.5 cm³/mol. The lowest BCUT2D eigenvalue weighted by molar-refractivity contribution is 0.113. The first-order chi connectivity index (χ1) is 7.31. The molecule has 3 heteroatoms. The van der Waals surface area contributed by atoms with Crippen LogP contribution in [0.4, 0.5) is 0 Å². The van der Waals surface area contributed by atoms with E-state index in [4.69, 9.17) is 4.74 Å². The summed E-state index contributed by atoms with van der Waals surface area (Å²) >= 11 is 1.90. The molecule has 2 unspecified atom stereocenters. The maximum atomic E-state index is 5.25. The van der Waals surface area contributed by atoms with E-state index >= 15 is 0 Å². The SMILES string of the molecule is COC(C)CNC1CCCc2sccc21. The zero-order chi connectivity index (χ0) is 10.7. The molecule has 1 heterocycles. The van der Waals surface area contributed by atoms with Gasteiger partial charge in [0, 0.05) is 24.6 Å². The van der Waals surface area contributed by atoms with Gasteiger partial charge >= 0.3 is 0 Å². The Kier molecular flexibility index (Phi) is 3.78. The Morgan fingerprint density at radius 1 is 1.67 bits per heavy atom. The standard InChI is InChI=1S/C12H19NOS/c1-9(14-2)8-13-11-4-3-5-12-10(11)6-7-15-12/h6-7,9,11,13H,3-5,8H2,1-2H3. The van der Waals surface area contributed by atoms with Gasteiger partial charge in [0.1, 0.15) is 0 Å². The Bertz CT molecular complexity index is 310. The molecule has 0 saturated heterocycles. The summed E-state index contributed by atoms with van der Waals surface area (Å²) in [5.41, 5.74) is 1.52. The third kappa shape index (κ3) is 2.60. The third-order valence-corrected chi connectivity index (χ3v) is 4.10. The Hall–Kier alpha value is -0.380. The molecule has 0 amide bonds.